The van der Waals surface area contributed by atoms with Gasteiger partial charge in [-0.3, -0.25) is 0 Å². The first-order chi connectivity index (χ1) is 10.4. The molecule has 2 rings (SSSR count). The minimum absolute atomic E-state index is 0.0527. The molecule has 0 spiro atoms. The molecule has 0 aromatic heterocycles. The molecule has 7 heteroatoms. The molecule has 0 bridgehead atoms. The molecule has 0 amide bonds. The van der Waals surface area contributed by atoms with Crippen LogP contribution in [0.15, 0.2) is 24.3 Å². The van der Waals surface area contributed by atoms with Crippen LogP contribution in [-0.2, 0) is 15.7 Å². The van der Waals surface area contributed by atoms with Gasteiger partial charge in [0.15, 0.2) is 0 Å². The van der Waals surface area contributed by atoms with Crippen LogP contribution in [0, 0.1) is 0 Å². The second-order valence-corrected chi connectivity index (χ2v) is 5.14. The Hall–Kier alpha value is -1.31. The third-order valence-electron chi connectivity index (χ3n) is 3.30. The topological polar surface area (TPSA) is 47.9 Å². The summed E-state index contributed by atoms with van der Waals surface area (Å²) in [7, 11) is 0. The summed E-state index contributed by atoms with van der Waals surface area (Å²) in [6, 6.07) is 4.56. The van der Waals surface area contributed by atoms with Crippen LogP contribution >= 0.6 is 0 Å². The van der Waals surface area contributed by atoms with Crippen LogP contribution in [0.1, 0.15) is 18.4 Å². The molecule has 1 aromatic carbocycles. The summed E-state index contributed by atoms with van der Waals surface area (Å²) in [6.45, 7) is 1.25. The van der Waals surface area contributed by atoms with E-state index in [9.17, 15) is 18.3 Å². The molecule has 1 heterocycles. The van der Waals surface area contributed by atoms with Crippen LogP contribution in [0.5, 0.6) is 5.75 Å². The Labute approximate surface area is 126 Å². The van der Waals surface area contributed by atoms with Gasteiger partial charge in [0.2, 0.25) is 0 Å². The van der Waals surface area contributed by atoms with Crippen molar-refractivity contribution in [2.75, 3.05) is 26.4 Å². The van der Waals surface area contributed by atoms with Crippen molar-refractivity contribution in [3.63, 3.8) is 0 Å². The largest absolute Gasteiger partial charge is 0.491 e. The monoisotopic (exact) mass is 320 g/mol. The summed E-state index contributed by atoms with van der Waals surface area (Å²) in [6.07, 6.45) is -3.69. The lowest BCUT2D eigenvalue weighted by molar-refractivity contribution is -0.137. The maximum absolute atomic E-state index is 12.6. The van der Waals surface area contributed by atoms with Crippen molar-refractivity contribution >= 4 is 0 Å². The summed E-state index contributed by atoms with van der Waals surface area (Å²) >= 11 is 0. The highest BCUT2D eigenvalue weighted by atomic mass is 19.4. The summed E-state index contributed by atoms with van der Waals surface area (Å²) in [5.74, 6) is 0.0694. The molecular weight excluding hydrogens is 301 g/mol. The highest BCUT2D eigenvalue weighted by Crippen LogP contribution is 2.31. The van der Waals surface area contributed by atoms with Gasteiger partial charge in [0.25, 0.3) is 0 Å². The molecule has 22 heavy (non-hydrogen) atoms. The fourth-order valence-corrected chi connectivity index (χ4v) is 2.09. The van der Waals surface area contributed by atoms with Crippen molar-refractivity contribution in [2.45, 2.75) is 31.2 Å². The van der Waals surface area contributed by atoms with Crippen molar-refractivity contribution in [1.29, 1.82) is 0 Å². The maximum atomic E-state index is 12.6. The Bertz CT molecular complexity index is 458. The van der Waals surface area contributed by atoms with Gasteiger partial charge in [-0.2, -0.15) is 13.2 Å². The number of hydrogen-bond donors (Lipinski definition) is 1. The van der Waals surface area contributed by atoms with E-state index < -0.39 is 17.8 Å². The van der Waals surface area contributed by atoms with Gasteiger partial charge in [-0.05, 0) is 31.0 Å². The Kier molecular flexibility index (Phi) is 6.05. The maximum Gasteiger partial charge on any atom is 0.416 e. The van der Waals surface area contributed by atoms with E-state index in [0.717, 1.165) is 25.0 Å². The van der Waals surface area contributed by atoms with Crippen molar-refractivity contribution in [3.05, 3.63) is 29.8 Å². The van der Waals surface area contributed by atoms with Gasteiger partial charge in [0.05, 0.1) is 18.3 Å². The number of alkyl halides is 3. The molecule has 0 saturated carbocycles. The van der Waals surface area contributed by atoms with Crippen molar-refractivity contribution in [1.82, 2.24) is 0 Å². The van der Waals surface area contributed by atoms with Crippen LogP contribution < -0.4 is 4.74 Å². The molecule has 1 saturated heterocycles. The van der Waals surface area contributed by atoms with Gasteiger partial charge in [-0.15, -0.1) is 0 Å². The van der Waals surface area contributed by atoms with E-state index in [2.05, 4.69) is 0 Å². The number of ether oxygens (including phenoxy) is 3. The highest BCUT2D eigenvalue weighted by Gasteiger charge is 2.30. The molecule has 1 aromatic rings. The molecule has 124 valence electrons. The third-order valence-corrected chi connectivity index (χ3v) is 3.30. The first-order valence-electron chi connectivity index (χ1n) is 7.12. The molecule has 1 fully saturated rings. The lowest BCUT2D eigenvalue weighted by atomic mass is 10.1. The number of halogens is 3. The predicted molar refractivity (Wildman–Crippen MR) is 72.7 cm³/mol. The van der Waals surface area contributed by atoms with Crippen LogP contribution in [0.3, 0.4) is 0 Å². The molecule has 4 nitrogen and oxygen atoms in total. The van der Waals surface area contributed by atoms with Crippen molar-refractivity contribution in [2.24, 2.45) is 0 Å². The number of aliphatic hydroxyl groups excluding tert-OH is 1. The Morgan fingerprint density at radius 2 is 1.95 bits per heavy atom. The van der Waals surface area contributed by atoms with Gasteiger partial charge in [-0.25, -0.2) is 0 Å². The molecule has 1 aliphatic rings. The second kappa shape index (κ2) is 7.80. The Balaban J connectivity index is 1.74. The first-order valence-corrected chi connectivity index (χ1v) is 7.12. The van der Waals surface area contributed by atoms with Crippen LogP contribution in [-0.4, -0.2) is 43.7 Å². The Morgan fingerprint density at radius 1 is 1.23 bits per heavy atom. The van der Waals surface area contributed by atoms with Crippen molar-refractivity contribution in [3.8, 4) is 5.75 Å². The van der Waals surface area contributed by atoms with Crippen molar-refractivity contribution < 1.29 is 32.5 Å². The molecule has 0 radical (unpaired) electrons. The van der Waals surface area contributed by atoms with Crippen LogP contribution in [0.2, 0.25) is 0 Å². The normalized spacial score (nSPS) is 18.2. The fourth-order valence-electron chi connectivity index (χ4n) is 2.09. The quantitative estimate of drug-likeness (QED) is 0.875. The lowest BCUT2D eigenvalue weighted by Gasteiger charge is -2.23. The highest BCUT2D eigenvalue weighted by molar-refractivity contribution is 5.30. The zero-order chi connectivity index (χ0) is 16.0. The minimum atomic E-state index is -4.41. The average Bonchev–Trinajstić information content (AvgIpc) is 2.51. The van der Waals surface area contributed by atoms with E-state index in [-0.39, 0.29) is 25.1 Å². The summed E-state index contributed by atoms with van der Waals surface area (Å²) in [5.41, 5.74) is -0.780. The number of rotatable bonds is 6. The second-order valence-electron chi connectivity index (χ2n) is 5.14. The van der Waals surface area contributed by atoms with E-state index in [1.807, 2.05) is 0 Å². The van der Waals surface area contributed by atoms with E-state index in [4.69, 9.17) is 14.2 Å². The molecule has 1 aliphatic heterocycles. The summed E-state index contributed by atoms with van der Waals surface area (Å²) in [5, 5.41) is 9.77. The smallest absolute Gasteiger partial charge is 0.416 e. The standard InChI is InChI=1S/C15H19F3O4/c16-15(17,18)11-2-1-3-14(8-11)22-10-12(19)9-21-13-4-6-20-7-5-13/h1-3,8,12-13,19H,4-7,9-10H2. The predicted octanol–water partition coefficient (Wildman–Crippen LogP) is 2.64. The van der Waals surface area contributed by atoms with E-state index >= 15 is 0 Å². The van der Waals surface area contributed by atoms with E-state index in [1.165, 1.54) is 12.1 Å². The summed E-state index contributed by atoms with van der Waals surface area (Å²) < 4.78 is 53.6. The van der Waals surface area contributed by atoms with Crippen LogP contribution in [0.4, 0.5) is 13.2 Å². The van der Waals surface area contributed by atoms with Gasteiger partial charge in [-0.1, -0.05) is 6.07 Å². The minimum Gasteiger partial charge on any atom is -0.491 e. The first kappa shape index (κ1) is 17.1. The fraction of sp³-hybridized carbons (Fsp3) is 0.600. The molecule has 1 atom stereocenters. The number of aliphatic hydroxyl groups is 1. The molecule has 0 aliphatic carbocycles. The zero-order valence-electron chi connectivity index (χ0n) is 12.0. The number of benzene rings is 1. The molecular formula is C15H19F3O4. The SMILES string of the molecule is OC(COc1cccc(C(F)(F)F)c1)COC1CCOCC1. The molecule has 1 unspecified atom stereocenters. The summed E-state index contributed by atoms with van der Waals surface area (Å²) in [4.78, 5) is 0. The zero-order valence-corrected chi connectivity index (χ0v) is 12.0. The van der Waals surface area contributed by atoms with Gasteiger partial charge < -0.3 is 19.3 Å². The van der Waals surface area contributed by atoms with Gasteiger partial charge in [0, 0.05) is 13.2 Å². The molecule has 1 N–H and O–H groups in total. The third kappa shape index (κ3) is 5.47. The average molecular weight is 320 g/mol. The number of hydrogen-bond acceptors (Lipinski definition) is 4. The lowest BCUT2D eigenvalue weighted by Crippen LogP contribution is -2.30. The van der Waals surface area contributed by atoms with E-state index in [1.54, 1.807) is 0 Å². The Morgan fingerprint density at radius 3 is 2.64 bits per heavy atom. The van der Waals surface area contributed by atoms with Gasteiger partial charge >= 0.3 is 6.18 Å². The van der Waals surface area contributed by atoms with E-state index in [0.29, 0.717) is 13.2 Å². The van der Waals surface area contributed by atoms with Crippen LogP contribution in [0.25, 0.3) is 0 Å². The van der Waals surface area contributed by atoms with Gasteiger partial charge in [0.1, 0.15) is 18.5 Å².